The molecule has 1 atom stereocenters. The fourth-order valence-corrected chi connectivity index (χ4v) is 2.70. The minimum absolute atomic E-state index is 0.0285. The summed E-state index contributed by atoms with van der Waals surface area (Å²) in [4.78, 5) is 16.3. The molecule has 1 aliphatic heterocycles. The second kappa shape index (κ2) is 7.97. The molecule has 128 valence electrons. The first-order valence-electron chi connectivity index (χ1n) is 8.22. The van der Waals surface area contributed by atoms with Gasteiger partial charge in [-0.2, -0.15) is 0 Å². The lowest BCUT2D eigenvalue weighted by molar-refractivity contribution is -0.123. The van der Waals surface area contributed by atoms with E-state index in [1.165, 1.54) is 0 Å². The number of aromatic nitrogens is 1. The van der Waals surface area contributed by atoms with Crippen molar-refractivity contribution >= 4 is 5.91 Å². The Hall–Kier alpha value is -2.34. The third-order valence-electron chi connectivity index (χ3n) is 4.03. The average Bonchev–Trinajstić information content (AvgIpc) is 3.27. The molecule has 6 nitrogen and oxygen atoms in total. The normalized spacial score (nSPS) is 17.0. The first-order valence-corrected chi connectivity index (χ1v) is 8.22. The van der Waals surface area contributed by atoms with Crippen LogP contribution in [0.25, 0.3) is 11.5 Å². The Bertz CT molecular complexity index is 660. The number of rotatable bonds is 7. The van der Waals surface area contributed by atoms with Crippen LogP contribution in [0.1, 0.15) is 25.0 Å². The summed E-state index contributed by atoms with van der Waals surface area (Å²) < 4.78 is 16.1. The molecule has 1 aromatic carbocycles. The number of methoxy groups -OCH3 is 1. The number of amides is 1. The summed E-state index contributed by atoms with van der Waals surface area (Å²) in [7, 11) is 1.63. The van der Waals surface area contributed by atoms with Gasteiger partial charge in [-0.05, 0) is 37.1 Å². The summed E-state index contributed by atoms with van der Waals surface area (Å²) in [6.07, 6.45) is 4.81. The van der Waals surface area contributed by atoms with Gasteiger partial charge in [-0.1, -0.05) is 0 Å². The van der Waals surface area contributed by atoms with E-state index in [4.69, 9.17) is 13.9 Å². The van der Waals surface area contributed by atoms with Gasteiger partial charge in [0.1, 0.15) is 12.0 Å². The quantitative estimate of drug-likeness (QED) is 0.844. The van der Waals surface area contributed by atoms with Crippen LogP contribution in [0.5, 0.6) is 5.75 Å². The van der Waals surface area contributed by atoms with Gasteiger partial charge in [-0.15, -0.1) is 0 Å². The number of carbonyl (C=O) groups is 1. The number of hydrogen-bond acceptors (Lipinski definition) is 5. The van der Waals surface area contributed by atoms with E-state index >= 15 is 0 Å². The van der Waals surface area contributed by atoms with Gasteiger partial charge >= 0.3 is 0 Å². The highest BCUT2D eigenvalue weighted by molar-refractivity contribution is 5.76. The van der Waals surface area contributed by atoms with Crippen molar-refractivity contribution in [2.45, 2.75) is 31.8 Å². The molecule has 0 radical (unpaired) electrons. The average molecular weight is 330 g/mol. The van der Waals surface area contributed by atoms with Crippen molar-refractivity contribution in [1.29, 1.82) is 0 Å². The highest BCUT2D eigenvalue weighted by Gasteiger charge is 2.18. The molecule has 1 aromatic heterocycles. The zero-order valence-electron chi connectivity index (χ0n) is 13.8. The van der Waals surface area contributed by atoms with Gasteiger partial charge in [-0.3, -0.25) is 4.79 Å². The molecule has 0 spiro atoms. The van der Waals surface area contributed by atoms with Gasteiger partial charge in [0.15, 0.2) is 0 Å². The second-order valence-electron chi connectivity index (χ2n) is 5.81. The molecule has 1 saturated heterocycles. The predicted molar refractivity (Wildman–Crippen MR) is 88.8 cm³/mol. The van der Waals surface area contributed by atoms with Crippen molar-refractivity contribution < 1.29 is 18.7 Å². The molecule has 1 fully saturated rings. The number of hydrogen-bond donors (Lipinski definition) is 1. The summed E-state index contributed by atoms with van der Waals surface area (Å²) in [6.45, 7) is 1.31. The lowest BCUT2D eigenvalue weighted by Crippen LogP contribution is -2.29. The Kier molecular flexibility index (Phi) is 5.48. The highest BCUT2D eigenvalue weighted by Crippen LogP contribution is 2.21. The number of benzene rings is 1. The highest BCUT2D eigenvalue weighted by atomic mass is 16.5. The Balaban J connectivity index is 1.46. The summed E-state index contributed by atoms with van der Waals surface area (Å²) in [5, 5.41) is 2.91. The molecule has 0 aliphatic carbocycles. The molecule has 2 heterocycles. The van der Waals surface area contributed by atoms with E-state index in [-0.39, 0.29) is 12.0 Å². The van der Waals surface area contributed by atoms with Gasteiger partial charge in [0.05, 0.1) is 25.3 Å². The Morgan fingerprint density at radius 1 is 1.38 bits per heavy atom. The topological polar surface area (TPSA) is 73.6 Å². The van der Waals surface area contributed by atoms with Crippen LogP contribution in [0.4, 0.5) is 0 Å². The van der Waals surface area contributed by atoms with Crippen molar-refractivity contribution in [2.75, 3.05) is 20.3 Å². The fraction of sp³-hybridized carbons (Fsp3) is 0.444. The summed E-state index contributed by atoms with van der Waals surface area (Å²) in [6, 6.07) is 7.53. The van der Waals surface area contributed by atoms with E-state index in [0.29, 0.717) is 25.3 Å². The first-order chi connectivity index (χ1) is 11.7. The molecule has 2 aromatic rings. The number of ether oxygens (including phenoxy) is 2. The SMILES string of the molecule is COc1ccc(-c2nc(CCNC(=O)C[C@H]3CCCO3)co2)cc1. The molecule has 1 amide bonds. The van der Waals surface area contributed by atoms with E-state index < -0.39 is 0 Å². The van der Waals surface area contributed by atoms with Gasteiger partial charge < -0.3 is 19.2 Å². The van der Waals surface area contributed by atoms with Crippen molar-refractivity contribution in [1.82, 2.24) is 10.3 Å². The smallest absolute Gasteiger partial charge is 0.226 e. The Labute approximate surface area is 141 Å². The van der Waals surface area contributed by atoms with E-state index in [1.807, 2.05) is 24.3 Å². The Morgan fingerprint density at radius 2 is 2.21 bits per heavy atom. The summed E-state index contributed by atoms with van der Waals surface area (Å²) >= 11 is 0. The van der Waals surface area contributed by atoms with Crippen LogP contribution in [0, 0.1) is 0 Å². The second-order valence-corrected chi connectivity index (χ2v) is 5.81. The minimum atomic E-state index is 0.0285. The molecule has 0 bridgehead atoms. The van der Waals surface area contributed by atoms with Gasteiger partial charge in [-0.25, -0.2) is 4.98 Å². The van der Waals surface area contributed by atoms with Crippen LogP contribution in [0.2, 0.25) is 0 Å². The zero-order valence-corrected chi connectivity index (χ0v) is 13.8. The standard InChI is InChI=1S/C18H22N2O4/c1-22-15-6-4-13(5-7-15)18-20-14(12-24-18)8-9-19-17(21)11-16-3-2-10-23-16/h4-7,12,16H,2-3,8-11H2,1H3,(H,19,21)/t16-/m1/s1. The molecule has 1 N–H and O–H groups in total. The molecule has 0 unspecified atom stereocenters. The van der Waals surface area contributed by atoms with Crippen molar-refractivity contribution in [3.63, 3.8) is 0 Å². The maximum absolute atomic E-state index is 11.8. The van der Waals surface area contributed by atoms with E-state index in [9.17, 15) is 4.79 Å². The van der Waals surface area contributed by atoms with Crippen LogP contribution in [0.3, 0.4) is 0 Å². The van der Waals surface area contributed by atoms with E-state index in [2.05, 4.69) is 10.3 Å². The first kappa shape index (κ1) is 16.5. The number of oxazole rings is 1. The minimum Gasteiger partial charge on any atom is -0.497 e. The van der Waals surface area contributed by atoms with Gasteiger partial charge in [0.2, 0.25) is 11.8 Å². The lowest BCUT2D eigenvalue weighted by atomic mass is 10.2. The van der Waals surface area contributed by atoms with Crippen LogP contribution in [-0.4, -0.2) is 37.3 Å². The van der Waals surface area contributed by atoms with Crippen LogP contribution >= 0.6 is 0 Å². The van der Waals surface area contributed by atoms with Crippen molar-refractivity contribution in [3.8, 4) is 17.2 Å². The van der Waals surface area contributed by atoms with E-state index in [0.717, 1.165) is 36.5 Å². The molecule has 6 heteroatoms. The number of nitrogens with zero attached hydrogens (tertiary/aromatic N) is 1. The monoisotopic (exact) mass is 330 g/mol. The molecular formula is C18H22N2O4. The number of carbonyl (C=O) groups excluding carboxylic acids is 1. The molecule has 3 rings (SSSR count). The maximum atomic E-state index is 11.8. The van der Waals surface area contributed by atoms with Crippen LogP contribution in [-0.2, 0) is 16.0 Å². The van der Waals surface area contributed by atoms with Gasteiger partial charge in [0.25, 0.3) is 0 Å². The third-order valence-corrected chi connectivity index (χ3v) is 4.03. The van der Waals surface area contributed by atoms with Crippen molar-refractivity contribution in [3.05, 3.63) is 36.2 Å². The third kappa shape index (κ3) is 4.35. The predicted octanol–water partition coefficient (Wildman–Crippen LogP) is 2.58. The zero-order chi connectivity index (χ0) is 16.8. The number of nitrogens with one attached hydrogen (secondary N) is 1. The maximum Gasteiger partial charge on any atom is 0.226 e. The van der Waals surface area contributed by atoms with E-state index in [1.54, 1.807) is 13.4 Å². The molecule has 1 aliphatic rings. The summed E-state index contributed by atoms with van der Waals surface area (Å²) in [5.41, 5.74) is 1.71. The van der Waals surface area contributed by atoms with Crippen LogP contribution < -0.4 is 10.1 Å². The molecule has 0 saturated carbocycles. The Morgan fingerprint density at radius 3 is 2.92 bits per heavy atom. The summed E-state index contributed by atoms with van der Waals surface area (Å²) in [5.74, 6) is 1.39. The molecule has 24 heavy (non-hydrogen) atoms. The van der Waals surface area contributed by atoms with Gasteiger partial charge in [0, 0.05) is 25.1 Å². The van der Waals surface area contributed by atoms with Crippen molar-refractivity contribution in [2.24, 2.45) is 0 Å². The molecular weight excluding hydrogens is 308 g/mol. The largest absolute Gasteiger partial charge is 0.497 e. The lowest BCUT2D eigenvalue weighted by Gasteiger charge is -2.09. The van der Waals surface area contributed by atoms with Crippen LogP contribution in [0.15, 0.2) is 34.9 Å². The fourth-order valence-electron chi connectivity index (χ4n) is 2.70.